The lowest BCUT2D eigenvalue weighted by atomic mass is 10.4. The standard InChI is InChI=1S/C6H14N.C6H12O4/c1-7(2)5-3-4-6-7;1-9-4-5-10-3-2-6(7)8/h3-6H2,1-2H3;2-5H2,1H3,(H,7,8)/q+1;/p-1. The molecule has 1 aliphatic heterocycles. The molecule has 5 nitrogen and oxygen atoms in total. The lowest BCUT2D eigenvalue weighted by Crippen LogP contribution is -2.35. The number of aliphatic carboxylic acids is 1. The highest BCUT2D eigenvalue weighted by Crippen LogP contribution is 2.11. The minimum Gasteiger partial charge on any atom is -0.550 e. The van der Waals surface area contributed by atoms with Gasteiger partial charge in [0.2, 0.25) is 0 Å². The number of hydrogen-bond donors (Lipinski definition) is 0. The van der Waals surface area contributed by atoms with E-state index in [-0.39, 0.29) is 13.0 Å². The van der Waals surface area contributed by atoms with Crippen molar-refractivity contribution in [1.29, 1.82) is 0 Å². The number of carbonyl (C=O) groups is 1. The predicted molar refractivity (Wildman–Crippen MR) is 63.4 cm³/mol. The van der Waals surface area contributed by atoms with Gasteiger partial charge in [0.25, 0.3) is 0 Å². The van der Waals surface area contributed by atoms with E-state index in [1.807, 2.05) is 0 Å². The molecule has 1 aliphatic rings. The minimum absolute atomic E-state index is 0.0519. The molecule has 0 amide bonds. The van der Waals surface area contributed by atoms with E-state index < -0.39 is 5.97 Å². The van der Waals surface area contributed by atoms with Crippen LogP contribution >= 0.6 is 0 Å². The summed E-state index contributed by atoms with van der Waals surface area (Å²) in [5.41, 5.74) is 0. The van der Waals surface area contributed by atoms with Gasteiger partial charge in [-0.2, -0.15) is 0 Å². The van der Waals surface area contributed by atoms with Gasteiger partial charge in [-0.25, -0.2) is 0 Å². The first-order chi connectivity index (χ1) is 7.98. The Kier molecular flexibility index (Phi) is 9.03. The molecule has 0 atom stereocenters. The molecule has 0 bridgehead atoms. The number of carbonyl (C=O) groups excluding carboxylic acids is 1. The predicted octanol–water partition coefficient (Wildman–Crippen LogP) is -0.354. The second-order valence-corrected chi connectivity index (χ2v) is 4.82. The summed E-state index contributed by atoms with van der Waals surface area (Å²) < 4.78 is 10.7. The van der Waals surface area contributed by atoms with Gasteiger partial charge in [-0.15, -0.1) is 0 Å². The van der Waals surface area contributed by atoms with Gasteiger partial charge in [0.05, 0.1) is 47.0 Å². The van der Waals surface area contributed by atoms with Crippen molar-refractivity contribution in [3.05, 3.63) is 0 Å². The van der Waals surface area contributed by atoms with Crippen LogP contribution in [0.4, 0.5) is 0 Å². The van der Waals surface area contributed by atoms with E-state index in [1.54, 1.807) is 7.11 Å². The molecular weight excluding hydrogens is 222 g/mol. The van der Waals surface area contributed by atoms with E-state index in [9.17, 15) is 9.90 Å². The van der Waals surface area contributed by atoms with Gasteiger partial charge in [0, 0.05) is 32.3 Å². The monoisotopic (exact) mass is 247 g/mol. The van der Waals surface area contributed by atoms with Crippen molar-refractivity contribution in [2.45, 2.75) is 19.3 Å². The Bertz CT molecular complexity index is 199. The van der Waals surface area contributed by atoms with E-state index in [2.05, 4.69) is 18.8 Å². The fourth-order valence-corrected chi connectivity index (χ4v) is 1.59. The molecule has 0 aromatic rings. The van der Waals surface area contributed by atoms with Crippen LogP contribution in [-0.2, 0) is 14.3 Å². The van der Waals surface area contributed by atoms with Crippen molar-refractivity contribution >= 4 is 5.97 Å². The lowest BCUT2D eigenvalue weighted by molar-refractivity contribution is -0.877. The highest BCUT2D eigenvalue weighted by atomic mass is 16.5. The Labute approximate surface area is 104 Å². The zero-order chi connectivity index (χ0) is 13.1. The Hall–Kier alpha value is -0.650. The van der Waals surface area contributed by atoms with Crippen LogP contribution in [0.2, 0.25) is 0 Å². The fourth-order valence-electron chi connectivity index (χ4n) is 1.59. The molecule has 1 fully saturated rings. The average Bonchev–Trinajstić information content (AvgIpc) is 2.63. The van der Waals surface area contributed by atoms with Crippen LogP contribution in [0.3, 0.4) is 0 Å². The van der Waals surface area contributed by atoms with E-state index in [0.29, 0.717) is 13.2 Å². The maximum absolute atomic E-state index is 9.81. The molecular formula is C12H25NO4. The van der Waals surface area contributed by atoms with Gasteiger partial charge in [0.1, 0.15) is 0 Å². The molecule has 1 heterocycles. The van der Waals surface area contributed by atoms with Gasteiger partial charge in [-0.05, 0) is 0 Å². The molecule has 102 valence electrons. The Morgan fingerprint density at radius 3 is 2.12 bits per heavy atom. The smallest absolute Gasteiger partial charge is 0.0784 e. The summed E-state index contributed by atoms with van der Waals surface area (Å²) in [5, 5.41) is 9.81. The number of likely N-dealkylation sites (tertiary alicyclic amines) is 1. The molecule has 0 unspecified atom stereocenters. The molecule has 5 heteroatoms. The number of carboxylic acids is 1. The Morgan fingerprint density at radius 2 is 1.76 bits per heavy atom. The summed E-state index contributed by atoms with van der Waals surface area (Å²) in [5.74, 6) is -1.09. The first-order valence-electron chi connectivity index (χ1n) is 6.06. The lowest BCUT2D eigenvalue weighted by Gasteiger charge is -2.21. The van der Waals surface area contributed by atoms with E-state index in [0.717, 1.165) is 0 Å². The molecule has 0 aromatic carbocycles. The second kappa shape index (κ2) is 9.39. The Morgan fingerprint density at radius 1 is 1.18 bits per heavy atom. The molecule has 17 heavy (non-hydrogen) atoms. The second-order valence-electron chi connectivity index (χ2n) is 4.82. The minimum atomic E-state index is -1.09. The van der Waals surface area contributed by atoms with Crippen LogP contribution in [0.5, 0.6) is 0 Å². The summed E-state index contributed by atoms with van der Waals surface area (Å²) >= 11 is 0. The first kappa shape index (κ1) is 16.4. The van der Waals surface area contributed by atoms with Crippen molar-refractivity contribution in [2.24, 2.45) is 0 Å². The molecule has 0 saturated carbocycles. The number of methoxy groups -OCH3 is 1. The van der Waals surface area contributed by atoms with Gasteiger partial charge in [-0.1, -0.05) is 0 Å². The fraction of sp³-hybridized carbons (Fsp3) is 0.917. The zero-order valence-corrected chi connectivity index (χ0v) is 11.2. The third-order valence-corrected chi connectivity index (χ3v) is 2.66. The molecule has 1 saturated heterocycles. The number of quaternary nitrogens is 1. The molecule has 0 N–H and O–H groups in total. The van der Waals surface area contributed by atoms with E-state index >= 15 is 0 Å². The van der Waals surface area contributed by atoms with Crippen LogP contribution in [-0.4, -0.2) is 64.6 Å². The summed E-state index contributed by atoms with van der Waals surface area (Å²) in [6.07, 6.45) is 2.82. The summed E-state index contributed by atoms with van der Waals surface area (Å²) in [4.78, 5) is 9.81. The van der Waals surface area contributed by atoms with Crippen molar-refractivity contribution in [3.63, 3.8) is 0 Å². The highest BCUT2D eigenvalue weighted by molar-refractivity contribution is 5.64. The Balaban J connectivity index is 0.000000318. The van der Waals surface area contributed by atoms with Crippen molar-refractivity contribution < 1.29 is 23.9 Å². The number of nitrogens with zero attached hydrogens (tertiary/aromatic N) is 1. The molecule has 0 aliphatic carbocycles. The third kappa shape index (κ3) is 11.6. The van der Waals surface area contributed by atoms with Gasteiger partial charge < -0.3 is 23.9 Å². The van der Waals surface area contributed by atoms with Crippen LogP contribution < -0.4 is 5.11 Å². The summed E-state index contributed by atoms with van der Waals surface area (Å²) in [6.45, 7) is 3.91. The van der Waals surface area contributed by atoms with Crippen molar-refractivity contribution in [1.82, 2.24) is 0 Å². The third-order valence-electron chi connectivity index (χ3n) is 2.66. The van der Waals surface area contributed by atoms with Crippen LogP contribution in [0.25, 0.3) is 0 Å². The largest absolute Gasteiger partial charge is 0.550 e. The van der Waals surface area contributed by atoms with E-state index in [1.165, 1.54) is 30.4 Å². The van der Waals surface area contributed by atoms with Crippen LogP contribution in [0.15, 0.2) is 0 Å². The van der Waals surface area contributed by atoms with Crippen molar-refractivity contribution in [3.8, 4) is 0 Å². The zero-order valence-electron chi connectivity index (χ0n) is 11.2. The molecule has 0 radical (unpaired) electrons. The van der Waals surface area contributed by atoms with Crippen LogP contribution in [0, 0.1) is 0 Å². The summed E-state index contributed by atoms with van der Waals surface area (Å²) in [6, 6.07) is 0. The van der Waals surface area contributed by atoms with E-state index in [4.69, 9.17) is 4.74 Å². The maximum Gasteiger partial charge on any atom is 0.0784 e. The van der Waals surface area contributed by atoms with Gasteiger partial charge in [0.15, 0.2) is 0 Å². The number of rotatable bonds is 6. The first-order valence-corrected chi connectivity index (χ1v) is 6.06. The van der Waals surface area contributed by atoms with Crippen molar-refractivity contribution in [2.75, 3.05) is 54.1 Å². The summed E-state index contributed by atoms with van der Waals surface area (Å²) in [7, 11) is 6.15. The molecule has 0 aromatic heterocycles. The number of carboxylic acid groups (broad SMARTS) is 1. The molecule has 1 rings (SSSR count). The normalized spacial score (nSPS) is 17.4. The molecule has 0 spiro atoms. The maximum atomic E-state index is 9.81. The average molecular weight is 247 g/mol. The number of ether oxygens (including phenoxy) is 2. The van der Waals surface area contributed by atoms with Crippen LogP contribution in [0.1, 0.15) is 19.3 Å². The quantitative estimate of drug-likeness (QED) is 0.475. The highest BCUT2D eigenvalue weighted by Gasteiger charge is 2.19. The topological polar surface area (TPSA) is 58.6 Å². The SMILES string of the molecule is COCCOCCC(=O)[O-].C[N+]1(C)CCCC1. The van der Waals surface area contributed by atoms with Gasteiger partial charge in [-0.3, -0.25) is 0 Å². The van der Waals surface area contributed by atoms with Gasteiger partial charge >= 0.3 is 0 Å². The number of hydrogen-bond acceptors (Lipinski definition) is 4.